The second-order valence-corrected chi connectivity index (χ2v) is 7.54. The van der Waals surface area contributed by atoms with Gasteiger partial charge < -0.3 is 10.1 Å². The molecular formula is C25H26F3N3O2. The zero-order valence-electron chi connectivity index (χ0n) is 18.4. The number of aryl methyl sites for hydroxylation is 1. The predicted octanol–water partition coefficient (Wildman–Crippen LogP) is 4.86. The summed E-state index contributed by atoms with van der Waals surface area (Å²) >= 11 is 0. The molecule has 3 aromatic rings. The second-order valence-electron chi connectivity index (χ2n) is 7.54. The Balaban J connectivity index is 1.86. The van der Waals surface area contributed by atoms with Crippen molar-refractivity contribution < 1.29 is 22.7 Å². The largest absolute Gasteiger partial charge is 0.481 e. The van der Waals surface area contributed by atoms with E-state index in [1.807, 2.05) is 36.4 Å². The summed E-state index contributed by atoms with van der Waals surface area (Å²) in [6.07, 6.45) is -1.69. The van der Waals surface area contributed by atoms with Gasteiger partial charge in [0.05, 0.1) is 12.7 Å². The molecule has 0 aliphatic carbocycles. The third kappa shape index (κ3) is 6.55. The van der Waals surface area contributed by atoms with E-state index in [9.17, 15) is 18.0 Å². The average molecular weight is 457 g/mol. The Labute approximate surface area is 191 Å². The first-order valence-electron chi connectivity index (χ1n) is 10.5. The van der Waals surface area contributed by atoms with Crippen LogP contribution in [0.15, 0.2) is 72.9 Å². The van der Waals surface area contributed by atoms with Gasteiger partial charge in [0.2, 0.25) is 11.8 Å². The fourth-order valence-electron chi connectivity index (χ4n) is 3.59. The van der Waals surface area contributed by atoms with Crippen molar-refractivity contribution in [2.24, 2.45) is 0 Å². The lowest BCUT2D eigenvalue weighted by atomic mass is 9.96. The highest BCUT2D eigenvalue weighted by Gasteiger charge is 2.30. The van der Waals surface area contributed by atoms with Crippen LogP contribution in [0.1, 0.15) is 40.8 Å². The summed E-state index contributed by atoms with van der Waals surface area (Å²) in [6, 6.07) is 17.2. The number of pyridine rings is 1. The van der Waals surface area contributed by atoms with Crippen LogP contribution in [-0.2, 0) is 17.4 Å². The molecule has 8 heteroatoms. The number of carbonyl (C=O) groups excluding carboxylic acids is 1. The SMILES string of the molecule is CNC(=O)[C@H](N[C@@H](CCc1ccc(C(F)(F)F)cc1)c1ccnc(OC)c1)c1ccccc1. The fourth-order valence-corrected chi connectivity index (χ4v) is 3.59. The minimum Gasteiger partial charge on any atom is -0.481 e. The monoisotopic (exact) mass is 457 g/mol. The summed E-state index contributed by atoms with van der Waals surface area (Å²) < 4.78 is 43.9. The van der Waals surface area contributed by atoms with Crippen molar-refractivity contribution in [1.29, 1.82) is 0 Å². The number of nitrogens with zero attached hydrogens (tertiary/aromatic N) is 1. The molecule has 0 aliphatic heterocycles. The number of hydrogen-bond acceptors (Lipinski definition) is 4. The van der Waals surface area contributed by atoms with Gasteiger partial charge in [-0.1, -0.05) is 42.5 Å². The number of ether oxygens (including phenoxy) is 1. The normalized spacial score (nSPS) is 13.2. The number of aromatic nitrogens is 1. The number of likely N-dealkylation sites (N-methyl/N-ethyl adjacent to an activating group) is 1. The van der Waals surface area contributed by atoms with Gasteiger partial charge in [-0.15, -0.1) is 0 Å². The number of amides is 1. The van der Waals surface area contributed by atoms with Crippen LogP contribution in [0.3, 0.4) is 0 Å². The number of methoxy groups -OCH3 is 1. The van der Waals surface area contributed by atoms with Crippen molar-refractivity contribution in [2.75, 3.05) is 14.2 Å². The Morgan fingerprint density at radius 3 is 2.33 bits per heavy atom. The molecular weight excluding hydrogens is 431 g/mol. The third-order valence-corrected chi connectivity index (χ3v) is 5.38. The van der Waals surface area contributed by atoms with E-state index in [1.165, 1.54) is 19.2 Å². The highest BCUT2D eigenvalue weighted by Crippen LogP contribution is 2.30. The van der Waals surface area contributed by atoms with Gasteiger partial charge in [0.1, 0.15) is 6.04 Å². The molecule has 2 N–H and O–H groups in total. The van der Waals surface area contributed by atoms with Gasteiger partial charge >= 0.3 is 6.18 Å². The van der Waals surface area contributed by atoms with Crippen molar-refractivity contribution in [3.05, 3.63) is 95.2 Å². The van der Waals surface area contributed by atoms with Crippen LogP contribution in [0.4, 0.5) is 13.2 Å². The molecule has 1 amide bonds. The van der Waals surface area contributed by atoms with Crippen LogP contribution < -0.4 is 15.4 Å². The number of halogens is 3. The average Bonchev–Trinajstić information content (AvgIpc) is 2.84. The zero-order chi connectivity index (χ0) is 23.8. The number of nitrogens with one attached hydrogen (secondary N) is 2. The van der Waals surface area contributed by atoms with Crippen molar-refractivity contribution in [3.8, 4) is 5.88 Å². The van der Waals surface area contributed by atoms with E-state index in [0.717, 1.165) is 28.8 Å². The third-order valence-electron chi connectivity index (χ3n) is 5.38. The first kappa shape index (κ1) is 24.3. The maximum atomic E-state index is 12.9. The number of carbonyl (C=O) groups is 1. The van der Waals surface area contributed by atoms with Gasteiger partial charge in [0.25, 0.3) is 0 Å². The molecule has 0 spiro atoms. The minimum absolute atomic E-state index is 0.193. The van der Waals surface area contributed by atoms with Crippen LogP contribution in [-0.4, -0.2) is 25.0 Å². The molecule has 0 saturated heterocycles. The molecule has 0 saturated carbocycles. The predicted molar refractivity (Wildman–Crippen MR) is 120 cm³/mol. The summed E-state index contributed by atoms with van der Waals surface area (Å²) in [5, 5.41) is 6.11. The summed E-state index contributed by atoms with van der Waals surface area (Å²) in [7, 11) is 3.10. The van der Waals surface area contributed by atoms with Gasteiger partial charge in [-0.3, -0.25) is 10.1 Å². The number of rotatable bonds is 9. The lowest BCUT2D eigenvalue weighted by Gasteiger charge is -2.26. The number of hydrogen-bond donors (Lipinski definition) is 2. The number of alkyl halides is 3. The lowest BCUT2D eigenvalue weighted by Crippen LogP contribution is -2.38. The standard InChI is InChI=1S/C25H26F3N3O2/c1-29-24(32)23(18-6-4-3-5-7-18)31-21(19-14-15-30-22(16-19)33-2)13-10-17-8-11-20(12-9-17)25(26,27)28/h3-9,11-12,14-16,21,23,31H,10,13H2,1-2H3,(H,29,32)/t21-,23+/m0/s1. The van der Waals surface area contributed by atoms with Gasteiger partial charge in [0, 0.05) is 25.4 Å². The quantitative estimate of drug-likeness (QED) is 0.482. The molecule has 0 aliphatic rings. The van der Waals surface area contributed by atoms with Gasteiger partial charge in [-0.25, -0.2) is 4.98 Å². The van der Waals surface area contributed by atoms with E-state index in [4.69, 9.17) is 4.74 Å². The van der Waals surface area contributed by atoms with E-state index in [1.54, 1.807) is 19.3 Å². The molecule has 0 fully saturated rings. The molecule has 33 heavy (non-hydrogen) atoms. The Bertz CT molecular complexity index is 1040. The molecule has 174 valence electrons. The minimum atomic E-state index is -4.37. The Kier molecular flexibility index (Phi) is 8.06. The molecule has 3 rings (SSSR count). The van der Waals surface area contributed by atoms with E-state index in [-0.39, 0.29) is 11.9 Å². The van der Waals surface area contributed by atoms with Gasteiger partial charge in [-0.05, 0) is 47.7 Å². The number of benzene rings is 2. The molecule has 2 aromatic carbocycles. The van der Waals surface area contributed by atoms with E-state index >= 15 is 0 Å². The highest BCUT2D eigenvalue weighted by molar-refractivity contribution is 5.83. The van der Waals surface area contributed by atoms with Crippen LogP contribution >= 0.6 is 0 Å². The molecule has 1 heterocycles. The maximum Gasteiger partial charge on any atom is 0.416 e. The fraction of sp³-hybridized carbons (Fsp3) is 0.280. The van der Waals surface area contributed by atoms with E-state index in [0.29, 0.717) is 18.7 Å². The van der Waals surface area contributed by atoms with Gasteiger partial charge in [-0.2, -0.15) is 13.2 Å². The van der Waals surface area contributed by atoms with Crippen LogP contribution in [0.5, 0.6) is 5.88 Å². The van der Waals surface area contributed by atoms with Crippen molar-refractivity contribution in [3.63, 3.8) is 0 Å². The summed E-state index contributed by atoms with van der Waals surface area (Å²) in [5.41, 5.74) is 1.76. The summed E-state index contributed by atoms with van der Waals surface area (Å²) in [4.78, 5) is 16.8. The molecule has 1 aromatic heterocycles. The van der Waals surface area contributed by atoms with Crippen molar-refractivity contribution in [2.45, 2.75) is 31.1 Å². The first-order valence-corrected chi connectivity index (χ1v) is 10.5. The van der Waals surface area contributed by atoms with Crippen LogP contribution in [0.2, 0.25) is 0 Å². The van der Waals surface area contributed by atoms with E-state index in [2.05, 4.69) is 15.6 Å². The molecule has 5 nitrogen and oxygen atoms in total. The molecule has 0 bridgehead atoms. The topological polar surface area (TPSA) is 63.2 Å². The van der Waals surface area contributed by atoms with Gasteiger partial charge in [0.15, 0.2) is 0 Å². The molecule has 0 unspecified atom stereocenters. The summed E-state index contributed by atoms with van der Waals surface area (Å²) in [5.74, 6) is 0.242. The Morgan fingerprint density at radius 2 is 1.73 bits per heavy atom. The second kappa shape index (κ2) is 11.0. The van der Waals surface area contributed by atoms with Crippen molar-refractivity contribution in [1.82, 2.24) is 15.6 Å². The molecule has 0 radical (unpaired) electrons. The van der Waals surface area contributed by atoms with Crippen LogP contribution in [0.25, 0.3) is 0 Å². The van der Waals surface area contributed by atoms with Crippen LogP contribution in [0, 0.1) is 0 Å². The zero-order valence-corrected chi connectivity index (χ0v) is 18.4. The van der Waals surface area contributed by atoms with Crippen molar-refractivity contribution >= 4 is 5.91 Å². The molecule has 2 atom stereocenters. The first-order chi connectivity index (χ1) is 15.8. The van der Waals surface area contributed by atoms with E-state index < -0.39 is 17.8 Å². The smallest absolute Gasteiger partial charge is 0.416 e. The highest BCUT2D eigenvalue weighted by atomic mass is 19.4. The Hall–Kier alpha value is -3.39. The maximum absolute atomic E-state index is 12.9. The lowest BCUT2D eigenvalue weighted by molar-refractivity contribution is -0.137. The summed E-state index contributed by atoms with van der Waals surface area (Å²) in [6.45, 7) is 0. The Morgan fingerprint density at radius 1 is 1.03 bits per heavy atom.